The van der Waals surface area contributed by atoms with Gasteiger partial charge in [-0.1, -0.05) is 0 Å². The molecule has 138 valence electrons. The molecule has 0 aliphatic carbocycles. The van der Waals surface area contributed by atoms with E-state index in [4.69, 9.17) is 14.2 Å². The van der Waals surface area contributed by atoms with Gasteiger partial charge < -0.3 is 19.1 Å². The number of piperazine rings is 1. The van der Waals surface area contributed by atoms with Crippen LogP contribution in [0.2, 0.25) is 0 Å². The molecule has 1 aromatic carbocycles. The standard InChI is InChI=1S/C18H30N2O3.ClH/c1-16(2)23-18-6-4-17(5-7-18)22-15-14-21-13-12-20-10-8-19(3)9-11-20;/h4-7,16H,8-15H2,1-3H3;1H. The fourth-order valence-electron chi connectivity index (χ4n) is 2.47. The van der Waals surface area contributed by atoms with Crippen LogP contribution in [0.4, 0.5) is 0 Å². The molecular formula is C18H31ClN2O3. The molecule has 2 rings (SSSR count). The number of benzene rings is 1. The van der Waals surface area contributed by atoms with Crippen LogP contribution in [-0.4, -0.2) is 75.5 Å². The minimum Gasteiger partial charge on any atom is -0.491 e. The monoisotopic (exact) mass is 358 g/mol. The third-order valence-corrected chi connectivity index (χ3v) is 3.84. The molecule has 1 fully saturated rings. The van der Waals surface area contributed by atoms with E-state index in [-0.39, 0.29) is 18.5 Å². The number of hydrogen-bond acceptors (Lipinski definition) is 5. The van der Waals surface area contributed by atoms with Crippen LogP contribution in [0, 0.1) is 0 Å². The lowest BCUT2D eigenvalue weighted by atomic mass is 10.3. The van der Waals surface area contributed by atoms with Crippen LogP contribution in [0.3, 0.4) is 0 Å². The van der Waals surface area contributed by atoms with Gasteiger partial charge >= 0.3 is 0 Å². The molecule has 0 saturated carbocycles. The molecule has 24 heavy (non-hydrogen) atoms. The smallest absolute Gasteiger partial charge is 0.119 e. The summed E-state index contributed by atoms with van der Waals surface area (Å²) in [4.78, 5) is 4.82. The summed E-state index contributed by atoms with van der Waals surface area (Å²) in [6.07, 6.45) is 0.190. The second kappa shape index (κ2) is 11.5. The Kier molecular flexibility index (Phi) is 10.1. The molecule has 0 spiro atoms. The molecule has 0 atom stereocenters. The highest BCUT2D eigenvalue weighted by molar-refractivity contribution is 5.85. The first kappa shape index (κ1) is 21.0. The van der Waals surface area contributed by atoms with Gasteiger partial charge in [0, 0.05) is 32.7 Å². The molecule has 0 unspecified atom stereocenters. The van der Waals surface area contributed by atoms with E-state index < -0.39 is 0 Å². The number of halogens is 1. The number of ether oxygens (including phenoxy) is 3. The van der Waals surface area contributed by atoms with Gasteiger partial charge in [-0.2, -0.15) is 0 Å². The van der Waals surface area contributed by atoms with Crippen LogP contribution in [-0.2, 0) is 4.74 Å². The fraction of sp³-hybridized carbons (Fsp3) is 0.667. The minimum absolute atomic E-state index is 0. The summed E-state index contributed by atoms with van der Waals surface area (Å²) in [6.45, 7) is 11.6. The molecule has 1 aliphatic rings. The Labute approximate surface area is 152 Å². The van der Waals surface area contributed by atoms with Crippen molar-refractivity contribution >= 4 is 12.4 Å². The Balaban J connectivity index is 0.00000288. The van der Waals surface area contributed by atoms with Gasteiger partial charge in [-0.15, -0.1) is 12.4 Å². The molecule has 1 aromatic rings. The van der Waals surface area contributed by atoms with E-state index in [0.29, 0.717) is 13.2 Å². The molecule has 0 bridgehead atoms. The van der Waals surface area contributed by atoms with E-state index in [1.165, 1.54) is 0 Å². The zero-order chi connectivity index (χ0) is 16.5. The van der Waals surface area contributed by atoms with Crippen molar-refractivity contribution in [1.29, 1.82) is 0 Å². The van der Waals surface area contributed by atoms with Crippen LogP contribution in [0.15, 0.2) is 24.3 Å². The van der Waals surface area contributed by atoms with Crippen molar-refractivity contribution in [3.8, 4) is 11.5 Å². The van der Waals surface area contributed by atoms with Gasteiger partial charge in [0.25, 0.3) is 0 Å². The summed E-state index contributed by atoms with van der Waals surface area (Å²) in [5.41, 5.74) is 0. The number of hydrogen-bond donors (Lipinski definition) is 0. The van der Waals surface area contributed by atoms with Crippen molar-refractivity contribution < 1.29 is 14.2 Å². The molecule has 5 nitrogen and oxygen atoms in total. The van der Waals surface area contributed by atoms with Crippen LogP contribution < -0.4 is 9.47 Å². The van der Waals surface area contributed by atoms with Gasteiger partial charge in [0.1, 0.15) is 18.1 Å². The lowest BCUT2D eigenvalue weighted by molar-refractivity contribution is 0.0658. The van der Waals surface area contributed by atoms with Crippen molar-refractivity contribution in [1.82, 2.24) is 9.80 Å². The van der Waals surface area contributed by atoms with Gasteiger partial charge in [-0.05, 0) is 45.2 Å². The van der Waals surface area contributed by atoms with E-state index in [1.54, 1.807) is 0 Å². The van der Waals surface area contributed by atoms with Crippen molar-refractivity contribution in [2.45, 2.75) is 20.0 Å². The minimum atomic E-state index is 0. The first-order chi connectivity index (χ1) is 11.1. The molecule has 0 N–H and O–H groups in total. The van der Waals surface area contributed by atoms with Gasteiger partial charge in [0.05, 0.1) is 19.3 Å². The Morgan fingerprint density at radius 1 is 0.917 bits per heavy atom. The molecule has 6 heteroatoms. The van der Waals surface area contributed by atoms with Crippen LogP contribution in [0.25, 0.3) is 0 Å². The van der Waals surface area contributed by atoms with Crippen molar-refractivity contribution in [3.63, 3.8) is 0 Å². The third kappa shape index (κ3) is 8.20. The van der Waals surface area contributed by atoms with Gasteiger partial charge in [-0.25, -0.2) is 0 Å². The quantitative estimate of drug-likeness (QED) is 0.634. The molecule has 1 heterocycles. The predicted octanol–water partition coefficient (Wildman–Crippen LogP) is 2.54. The molecular weight excluding hydrogens is 328 g/mol. The molecule has 0 aromatic heterocycles. The summed E-state index contributed by atoms with van der Waals surface area (Å²) >= 11 is 0. The van der Waals surface area contributed by atoms with Crippen molar-refractivity contribution in [2.24, 2.45) is 0 Å². The van der Waals surface area contributed by atoms with Crippen LogP contribution in [0.5, 0.6) is 11.5 Å². The summed E-state index contributed by atoms with van der Waals surface area (Å²) < 4.78 is 16.9. The highest BCUT2D eigenvalue weighted by atomic mass is 35.5. The van der Waals surface area contributed by atoms with Crippen molar-refractivity contribution in [2.75, 3.05) is 59.6 Å². The largest absolute Gasteiger partial charge is 0.491 e. The topological polar surface area (TPSA) is 34.2 Å². The first-order valence-corrected chi connectivity index (χ1v) is 8.51. The number of nitrogens with zero attached hydrogens (tertiary/aromatic N) is 2. The maximum absolute atomic E-state index is 5.67. The summed E-state index contributed by atoms with van der Waals surface area (Å²) in [5.74, 6) is 1.72. The maximum Gasteiger partial charge on any atom is 0.119 e. The zero-order valence-electron chi connectivity index (χ0n) is 15.1. The molecule has 0 radical (unpaired) electrons. The summed E-state index contributed by atoms with van der Waals surface area (Å²) in [5, 5.41) is 0. The van der Waals surface area contributed by atoms with E-state index in [0.717, 1.165) is 50.8 Å². The Morgan fingerprint density at radius 3 is 2.17 bits per heavy atom. The van der Waals surface area contributed by atoms with Crippen molar-refractivity contribution in [3.05, 3.63) is 24.3 Å². The van der Waals surface area contributed by atoms with Crippen LogP contribution in [0.1, 0.15) is 13.8 Å². The maximum atomic E-state index is 5.67. The van der Waals surface area contributed by atoms with Crippen LogP contribution >= 0.6 is 12.4 Å². The van der Waals surface area contributed by atoms with E-state index in [2.05, 4.69) is 16.8 Å². The third-order valence-electron chi connectivity index (χ3n) is 3.84. The van der Waals surface area contributed by atoms with Gasteiger partial charge in [0.15, 0.2) is 0 Å². The van der Waals surface area contributed by atoms with E-state index in [1.807, 2.05) is 38.1 Å². The summed E-state index contributed by atoms with van der Waals surface area (Å²) in [7, 11) is 2.17. The average Bonchev–Trinajstić information content (AvgIpc) is 2.53. The Bertz CT molecular complexity index is 434. The lowest BCUT2D eigenvalue weighted by Gasteiger charge is -2.32. The zero-order valence-corrected chi connectivity index (χ0v) is 15.9. The Morgan fingerprint density at radius 2 is 1.54 bits per heavy atom. The highest BCUT2D eigenvalue weighted by Crippen LogP contribution is 2.18. The molecule has 0 amide bonds. The summed E-state index contributed by atoms with van der Waals surface area (Å²) in [6, 6.07) is 7.73. The van der Waals surface area contributed by atoms with Gasteiger partial charge in [-0.3, -0.25) is 4.90 Å². The highest BCUT2D eigenvalue weighted by Gasteiger charge is 2.12. The SMILES string of the molecule is CC(C)Oc1ccc(OCCOCCN2CCN(C)CC2)cc1.Cl. The second-order valence-corrected chi connectivity index (χ2v) is 6.24. The van der Waals surface area contributed by atoms with E-state index >= 15 is 0 Å². The average molecular weight is 359 g/mol. The number of rotatable bonds is 9. The second-order valence-electron chi connectivity index (χ2n) is 6.24. The normalized spacial score (nSPS) is 16.0. The van der Waals surface area contributed by atoms with Gasteiger partial charge in [0.2, 0.25) is 0 Å². The lowest BCUT2D eigenvalue weighted by Crippen LogP contribution is -2.45. The fourth-order valence-corrected chi connectivity index (χ4v) is 2.47. The number of likely N-dealkylation sites (N-methyl/N-ethyl adjacent to an activating group) is 1. The Hall–Kier alpha value is -1.01. The molecule has 1 aliphatic heterocycles. The predicted molar refractivity (Wildman–Crippen MR) is 99.7 cm³/mol. The molecule has 1 saturated heterocycles. The first-order valence-electron chi connectivity index (χ1n) is 8.51. The van der Waals surface area contributed by atoms with E-state index in [9.17, 15) is 0 Å².